The number of carbonyl (C=O) groups excluding carboxylic acids is 1. The van der Waals surface area contributed by atoms with Gasteiger partial charge in [0.2, 0.25) is 6.79 Å². The van der Waals surface area contributed by atoms with Crippen LogP contribution in [-0.2, 0) is 9.47 Å². The van der Waals surface area contributed by atoms with Gasteiger partial charge in [0.1, 0.15) is 0 Å². The Morgan fingerprint density at radius 1 is 1.07 bits per heavy atom. The summed E-state index contributed by atoms with van der Waals surface area (Å²) in [5, 5.41) is 0. The first-order chi connectivity index (χ1) is 14.2. The zero-order valence-corrected chi connectivity index (χ0v) is 16.9. The van der Waals surface area contributed by atoms with Gasteiger partial charge in [0.05, 0.1) is 0 Å². The predicted molar refractivity (Wildman–Crippen MR) is 110 cm³/mol. The van der Waals surface area contributed by atoms with E-state index >= 15 is 0 Å². The topological polar surface area (TPSA) is 54.0 Å². The number of fused-ring (bicyclic) bond motifs is 2. The van der Waals surface area contributed by atoms with Gasteiger partial charge in [-0.05, 0) is 49.4 Å². The highest BCUT2D eigenvalue weighted by molar-refractivity contribution is 6.29. The minimum absolute atomic E-state index is 0.0235. The molecule has 0 aromatic heterocycles. The quantitative estimate of drug-likeness (QED) is 0.468. The maximum Gasteiger partial charge on any atom is 0.231 e. The molecule has 4 rings (SSSR count). The van der Waals surface area contributed by atoms with Gasteiger partial charge in [-0.25, -0.2) is 0 Å². The van der Waals surface area contributed by atoms with Crippen molar-refractivity contribution in [2.24, 2.45) is 0 Å². The number of ether oxygens (including phenoxy) is 4. The van der Waals surface area contributed by atoms with Crippen molar-refractivity contribution in [3.8, 4) is 11.5 Å². The molecule has 1 atom stereocenters. The van der Waals surface area contributed by atoms with E-state index in [9.17, 15) is 4.79 Å². The molecule has 0 amide bonds. The summed E-state index contributed by atoms with van der Waals surface area (Å²) in [7, 11) is 0. The second kappa shape index (κ2) is 8.80. The SMILES string of the molecule is CCOC(CC1CC=C(C(=O)c2ccccc2)c2cc3c(cc21)OCO3)OCC. The van der Waals surface area contributed by atoms with E-state index < -0.39 is 0 Å². The highest BCUT2D eigenvalue weighted by atomic mass is 16.7. The van der Waals surface area contributed by atoms with Crippen LogP contribution >= 0.6 is 0 Å². The summed E-state index contributed by atoms with van der Waals surface area (Å²) in [6.07, 6.45) is 3.24. The molecule has 1 heterocycles. The molecule has 0 N–H and O–H groups in total. The van der Waals surface area contributed by atoms with E-state index in [-0.39, 0.29) is 24.8 Å². The first kappa shape index (κ1) is 19.7. The van der Waals surface area contributed by atoms with Crippen molar-refractivity contribution >= 4 is 11.4 Å². The summed E-state index contributed by atoms with van der Waals surface area (Å²) < 4.78 is 22.7. The Bertz CT molecular complexity index is 897. The van der Waals surface area contributed by atoms with Crippen LogP contribution in [0.4, 0.5) is 0 Å². The summed E-state index contributed by atoms with van der Waals surface area (Å²) in [6.45, 7) is 5.33. The molecule has 29 heavy (non-hydrogen) atoms. The molecule has 1 aliphatic heterocycles. The standard InChI is InChI=1S/C24H26O5/c1-3-26-23(27-4-2)12-17-10-11-18(24(25)16-8-6-5-7-9-16)20-14-22-21(13-19(17)20)28-15-29-22/h5-9,11,13-14,17,23H,3-4,10,12,15H2,1-2H3. The molecule has 2 aromatic rings. The van der Waals surface area contributed by atoms with Crippen LogP contribution in [-0.4, -0.2) is 32.1 Å². The summed E-state index contributed by atoms with van der Waals surface area (Å²) >= 11 is 0. The lowest BCUT2D eigenvalue weighted by Gasteiger charge is -2.28. The van der Waals surface area contributed by atoms with E-state index in [1.54, 1.807) is 0 Å². The van der Waals surface area contributed by atoms with E-state index in [1.165, 1.54) is 0 Å². The molecule has 5 heteroatoms. The number of hydrogen-bond acceptors (Lipinski definition) is 5. The molecule has 2 aromatic carbocycles. The Morgan fingerprint density at radius 3 is 2.45 bits per heavy atom. The highest BCUT2D eigenvalue weighted by Gasteiger charge is 2.31. The summed E-state index contributed by atoms with van der Waals surface area (Å²) in [6, 6.07) is 13.3. The molecule has 0 saturated heterocycles. The van der Waals surface area contributed by atoms with Gasteiger partial charge in [-0.15, -0.1) is 0 Å². The van der Waals surface area contributed by atoms with Crippen LogP contribution in [0.1, 0.15) is 54.1 Å². The minimum Gasteiger partial charge on any atom is -0.454 e. The van der Waals surface area contributed by atoms with Crippen molar-refractivity contribution in [1.29, 1.82) is 0 Å². The van der Waals surface area contributed by atoms with Crippen LogP contribution in [0.25, 0.3) is 5.57 Å². The van der Waals surface area contributed by atoms with Crippen LogP contribution in [0.5, 0.6) is 11.5 Å². The number of carbonyl (C=O) groups is 1. The molecular formula is C24H26O5. The third kappa shape index (κ3) is 4.07. The van der Waals surface area contributed by atoms with E-state index in [0.29, 0.717) is 30.1 Å². The van der Waals surface area contributed by atoms with Crippen LogP contribution in [0.15, 0.2) is 48.5 Å². The van der Waals surface area contributed by atoms with Crippen LogP contribution < -0.4 is 9.47 Å². The maximum atomic E-state index is 13.2. The van der Waals surface area contributed by atoms with Crippen LogP contribution in [0.2, 0.25) is 0 Å². The first-order valence-corrected chi connectivity index (χ1v) is 10.2. The number of hydrogen-bond donors (Lipinski definition) is 0. The Hall–Kier alpha value is -2.63. The van der Waals surface area contributed by atoms with Gasteiger partial charge in [-0.3, -0.25) is 4.79 Å². The Labute approximate surface area is 171 Å². The van der Waals surface area contributed by atoms with E-state index in [0.717, 1.165) is 29.7 Å². The van der Waals surface area contributed by atoms with Gasteiger partial charge < -0.3 is 18.9 Å². The van der Waals surface area contributed by atoms with Gasteiger partial charge in [0.25, 0.3) is 0 Å². The van der Waals surface area contributed by atoms with Crippen molar-refractivity contribution in [3.63, 3.8) is 0 Å². The monoisotopic (exact) mass is 394 g/mol. The van der Waals surface area contributed by atoms with Gasteiger partial charge in [-0.1, -0.05) is 36.4 Å². The van der Waals surface area contributed by atoms with Gasteiger partial charge >= 0.3 is 0 Å². The summed E-state index contributed by atoms with van der Waals surface area (Å²) in [4.78, 5) is 13.2. The number of Topliss-reactive ketones (excluding diaryl/α,β-unsaturated/α-hetero) is 1. The van der Waals surface area contributed by atoms with Crippen LogP contribution in [0.3, 0.4) is 0 Å². The largest absolute Gasteiger partial charge is 0.454 e. The fourth-order valence-corrected chi connectivity index (χ4v) is 4.00. The Morgan fingerprint density at radius 2 is 1.76 bits per heavy atom. The molecule has 0 spiro atoms. The van der Waals surface area contributed by atoms with E-state index in [2.05, 4.69) is 0 Å². The predicted octanol–water partition coefficient (Wildman–Crippen LogP) is 4.96. The average Bonchev–Trinajstić information content (AvgIpc) is 3.20. The lowest BCUT2D eigenvalue weighted by molar-refractivity contribution is -0.142. The zero-order chi connectivity index (χ0) is 20.2. The molecule has 0 bridgehead atoms. The Balaban J connectivity index is 1.70. The maximum absolute atomic E-state index is 13.2. The van der Waals surface area contributed by atoms with Gasteiger partial charge in [0.15, 0.2) is 23.6 Å². The third-order valence-corrected chi connectivity index (χ3v) is 5.34. The molecule has 0 radical (unpaired) electrons. The molecule has 5 nitrogen and oxygen atoms in total. The molecule has 0 fully saturated rings. The number of ketones is 1. The Kier molecular flexibility index (Phi) is 5.97. The third-order valence-electron chi connectivity index (χ3n) is 5.34. The minimum atomic E-state index is -0.270. The molecule has 1 unspecified atom stereocenters. The van der Waals surface area contributed by atoms with Crippen LogP contribution in [0, 0.1) is 0 Å². The fraction of sp³-hybridized carbons (Fsp3) is 0.375. The lowest BCUT2D eigenvalue weighted by Crippen LogP contribution is -2.22. The number of benzene rings is 2. The fourth-order valence-electron chi connectivity index (χ4n) is 4.00. The van der Waals surface area contributed by atoms with Gasteiger partial charge in [-0.2, -0.15) is 0 Å². The smallest absolute Gasteiger partial charge is 0.231 e. The molecular weight excluding hydrogens is 368 g/mol. The molecule has 0 saturated carbocycles. The van der Waals surface area contributed by atoms with Crippen molar-refractivity contribution < 1.29 is 23.7 Å². The molecule has 2 aliphatic rings. The van der Waals surface area contributed by atoms with Crippen molar-refractivity contribution in [2.75, 3.05) is 20.0 Å². The summed E-state index contributed by atoms with van der Waals surface area (Å²) in [5.41, 5.74) is 3.39. The average molecular weight is 394 g/mol. The highest BCUT2D eigenvalue weighted by Crippen LogP contribution is 2.45. The summed E-state index contributed by atoms with van der Waals surface area (Å²) in [5.74, 6) is 1.61. The second-order valence-electron chi connectivity index (χ2n) is 7.11. The van der Waals surface area contributed by atoms with Crippen molar-refractivity contribution in [3.05, 3.63) is 65.2 Å². The van der Waals surface area contributed by atoms with E-state index in [1.807, 2.05) is 62.4 Å². The number of allylic oxidation sites excluding steroid dienone is 2. The van der Waals surface area contributed by atoms with E-state index in [4.69, 9.17) is 18.9 Å². The second-order valence-corrected chi connectivity index (χ2v) is 7.11. The van der Waals surface area contributed by atoms with Crippen molar-refractivity contribution in [2.45, 2.75) is 38.9 Å². The lowest BCUT2D eigenvalue weighted by atomic mass is 9.79. The molecule has 152 valence electrons. The van der Waals surface area contributed by atoms with Gasteiger partial charge in [0, 0.05) is 30.8 Å². The molecule has 1 aliphatic carbocycles. The normalized spacial score (nSPS) is 17.2. The number of rotatable bonds is 8. The zero-order valence-electron chi connectivity index (χ0n) is 16.9. The first-order valence-electron chi connectivity index (χ1n) is 10.2. The van der Waals surface area contributed by atoms with Crippen molar-refractivity contribution in [1.82, 2.24) is 0 Å².